The maximum atomic E-state index is 6.35. The standard InChI is InChI=1S/C18H23N/c1-14(18(2,3)19)17(15-10-6-4-7-11-15)16-12-8-5-9-13-16/h4-14,17H,19H2,1-3H3. The van der Waals surface area contributed by atoms with Crippen LogP contribution in [0.15, 0.2) is 60.7 Å². The van der Waals surface area contributed by atoms with Crippen LogP contribution in [0, 0.1) is 5.92 Å². The molecule has 0 aromatic heterocycles. The number of nitrogens with two attached hydrogens (primary N) is 1. The molecule has 2 N–H and O–H groups in total. The quantitative estimate of drug-likeness (QED) is 0.868. The molecule has 2 rings (SSSR count). The first-order chi connectivity index (χ1) is 9.00. The Hall–Kier alpha value is -1.60. The fraction of sp³-hybridized carbons (Fsp3) is 0.333. The topological polar surface area (TPSA) is 26.0 Å². The molecule has 0 aliphatic heterocycles. The van der Waals surface area contributed by atoms with Gasteiger partial charge in [-0.3, -0.25) is 0 Å². The normalized spacial score (nSPS) is 13.5. The molecule has 1 atom stereocenters. The minimum Gasteiger partial charge on any atom is -0.325 e. The highest BCUT2D eigenvalue weighted by molar-refractivity contribution is 5.33. The predicted molar refractivity (Wildman–Crippen MR) is 82.2 cm³/mol. The van der Waals surface area contributed by atoms with E-state index in [1.54, 1.807) is 0 Å². The van der Waals surface area contributed by atoms with E-state index in [-0.39, 0.29) is 5.54 Å². The van der Waals surface area contributed by atoms with Crippen molar-refractivity contribution in [3.8, 4) is 0 Å². The highest BCUT2D eigenvalue weighted by Gasteiger charge is 2.30. The number of rotatable bonds is 4. The molecule has 0 saturated heterocycles. The lowest BCUT2D eigenvalue weighted by Crippen LogP contribution is -2.42. The summed E-state index contributed by atoms with van der Waals surface area (Å²) in [6, 6.07) is 21.3. The Morgan fingerprint density at radius 1 is 0.789 bits per heavy atom. The van der Waals surface area contributed by atoms with E-state index in [4.69, 9.17) is 5.73 Å². The van der Waals surface area contributed by atoms with E-state index in [0.717, 1.165) is 0 Å². The molecule has 0 fully saturated rings. The van der Waals surface area contributed by atoms with Gasteiger partial charge in [0.05, 0.1) is 0 Å². The smallest absolute Gasteiger partial charge is 0.0132 e. The van der Waals surface area contributed by atoms with Crippen molar-refractivity contribution in [3.63, 3.8) is 0 Å². The van der Waals surface area contributed by atoms with Crippen molar-refractivity contribution in [2.45, 2.75) is 32.2 Å². The fourth-order valence-electron chi connectivity index (χ4n) is 2.52. The lowest BCUT2D eigenvalue weighted by atomic mass is 9.73. The van der Waals surface area contributed by atoms with Crippen LogP contribution in [0.2, 0.25) is 0 Å². The van der Waals surface area contributed by atoms with Crippen molar-refractivity contribution in [2.24, 2.45) is 11.7 Å². The summed E-state index contributed by atoms with van der Waals surface area (Å²) >= 11 is 0. The molecule has 1 unspecified atom stereocenters. The van der Waals surface area contributed by atoms with Gasteiger partial charge < -0.3 is 5.73 Å². The van der Waals surface area contributed by atoms with E-state index < -0.39 is 0 Å². The zero-order valence-electron chi connectivity index (χ0n) is 12.0. The van der Waals surface area contributed by atoms with Crippen LogP contribution in [0.4, 0.5) is 0 Å². The average molecular weight is 253 g/mol. The van der Waals surface area contributed by atoms with Crippen molar-refractivity contribution < 1.29 is 0 Å². The predicted octanol–water partition coefficient (Wildman–Crippen LogP) is 4.19. The molecule has 1 heteroatoms. The first kappa shape index (κ1) is 13.8. The van der Waals surface area contributed by atoms with Crippen molar-refractivity contribution in [1.82, 2.24) is 0 Å². The number of hydrogen-bond acceptors (Lipinski definition) is 1. The third kappa shape index (κ3) is 3.24. The summed E-state index contributed by atoms with van der Waals surface area (Å²) < 4.78 is 0. The number of hydrogen-bond donors (Lipinski definition) is 1. The summed E-state index contributed by atoms with van der Waals surface area (Å²) in [5, 5.41) is 0. The van der Waals surface area contributed by atoms with E-state index >= 15 is 0 Å². The molecular formula is C18H23N. The summed E-state index contributed by atoms with van der Waals surface area (Å²) in [4.78, 5) is 0. The SMILES string of the molecule is CC(C(c1ccccc1)c1ccccc1)C(C)(C)N. The molecular weight excluding hydrogens is 230 g/mol. The first-order valence-electron chi connectivity index (χ1n) is 6.89. The Bertz CT molecular complexity index is 457. The van der Waals surface area contributed by atoms with Gasteiger partial charge >= 0.3 is 0 Å². The third-order valence-corrected chi connectivity index (χ3v) is 3.99. The fourth-order valence-corrected chi connectivity index (χ4v) is 2.52. The molecule has 2 aromatic rings. The van der Waals surface area contributed by atoms with Gasteiger partial charge in [0, 0.05) is 11.5 Å². The van der Waals surface area contributed by atoms with Gasteiger partial charge in [-0.05, 0) is 30.9 Å². The summed E-state index contributed by atoms with van der Waals surface area (Å²) in [7, 11) is 0. The minimum absolute atomic E-state index is 0.212. The molecule has 2 aromatic carbocycles. The largest absolute Gasteiger partial charge is 0.325 e. The summed E-state index contributed by atoms with van der Waals surface area (Å²) in [6.07, 6.45) is 0. The lowest BCUT2D eigenvalue weighted by molar-refractivity contribution is 0.315. The molecule has 0 radical (unpaired) electrons. The zero-order valence-corrected chi connectivity index (χ0v) is 12.0. The van der Waals surface area contributed by atoms with Crippen LogP contribution in [0.1, 0.15) is 37.8 Å². The molecule has 0 amide bonds. The van der Waals surface area contributed by atoms with Gasteiger partial charge in [0.1, 0.15) is 0 Å². The molecule has 0 bridgehead atoms. The average Bonchev–Trinajstić information content (AvgIpc) is 2.40. The van der Waals surface area contributed by atoms with Crippen LogP contribution in [-0.4, -0.2) is 5.54 Å². The zero-order chi connectivity index (χ0) is 13.9. The Labute approximate surface area is 116 Å². The van der Waals surface area contributed by atoms with Crippen molar-refractivity contribution >= 4 is 0 Å². The molecule has 0 heterocycles. The van der Waals surface area contributed by atoms with E-state index in [1.165, 1.54) is 11.1 Å². The maximum absolute atomic E-state index is 6.35. The Morgan fingerprint density at radius 2 is 1.16 bits per heavy atom. The van der Waals surface area contributed by atoms with E-state index in [2.05, 4.69) is 81.4 Å². The van der Waals surface area contributed by atoms with Crippen LogP contribution in [0.3, 0.4) is 0 Å². The highest BCUT2D eigenvalue weighted by atomic mass is 14.7. The van der Waals surface area contributed by atoms with Gasteiger partial charge in [0.25, 0.3) is 0 Å². The second-order valence-electron chi connectivity index (χ2n) is 5.91. The van der Waals surface area contributed by atoms with Crippen LogP contribution in [0.5, 0.6) is 0 Å². The van der Waals surface area contributed by atoms with Crippen LogP contribution in [-0.2, 0) is 0 Å². The van der Waals surface area contributed by atoms with Gasteiger partial charge in [-0.1, -0.05) is 67.6 Å². The Kier molecular flexibility index (Phi) is 4.06. The summed E-state index contributed by atoms with van der Waals surface area (Å²) in [5.41, 5.74) is 8.81. The molecule has 0 saturated carbocycles. The van der Waals surface area contributed by atoms with E-state index in [9.17, 15) is 0 Å². The molecule has 1 nitrogen and oxygen atoms in total. The monoisotopic (exact) mass is 253 g/mol. The van der Waals surface area contributed by atoms with Gasteiger partial charge in [-0.25, -0.2) is 0 Å². The molecule has 100 valence electrons. The van der Waals surface area contributed by atoms with Crippen LogP contribution < -0.4 is 5.73 Å². The van der Waals surface area contributed by atoms with E-state index in [1.807, 2.05) is 0 Å². The minimum atomic E-state index is -0.212. The molecule has 0 spiro atoms. The maximum Gasteiger partial charge on any atom is 0.0132 e. The van der Waals surface area contributed by atoms with Crippen LogP contribution >= 0.6 is 0 Å². The van der Waals surface area contributed by atoms with Crippen molar-refractivity contribution in [3.05, 3.63) is 71.8 Å². The van der Waals surface area contributed by atoms with Gasteiger partial charge in [-0.2, -0.15) is 0 Å². The molecule has 19 heavy (non-hydrogen) atoms. The summed E-state index contributed by atoms with van der Waals surface area (Å²) in [6.45, 7) is 6.46. The molecule has 0 aliphatic rings. The van der Waals surface area contributed by atoms with Crippen molar-refractivity contribution in [1.29, 1.82) is 0 Å². The summed E-state index contributed by atoms with van der Waals surface area (Å²) in [5.74, 6) is 0.694. The van der Waals surface area contributed by atoms with Gasteiger partial charge in [-0.15, -0.1) is 0 Å². The Morgan fingerprint density at radius 3 is 1.47 bits per heavy atom. The number of benzene rings is 2. The van der Waals surface area contributed by atoms with Gasteiger partial charge in [0.15, 0.2) is 0 Å². The first-order valence-corrected chi connectivity index (χ1v) is 6.89. The Balaban J connectivity index is 2.46. The molecule has 0 aliphatic carbocycles. The third-order valence-electron chi connectivity index (χ3n) is 3.99. The lowest BCUT2D eigenvalue weighted by Gasteiger charge is -2.35. The highest BCUT2D eigenvalue weighted by Crippen LogP contribution is 2.36. The van der Waals surface area contributed by atoms with Gasteiger partial charge in [0.2, 0.25) is 0 Å². The second-order valence-corrected chi connectivity index (χ2v) is 5.91. The van der Waals surface area contributed by atoms with Crippen LogP contribution in [0.25, 0.3) is 0 Å². The second kappa shape index (κ2) is 5.58. The van der Waals surface area contributed by atoms with E-state index in [0.29, 0.717) is 11.8 Å². The van der Waals surface area contributed by atoms with Crippen molar-refractivity contribution in [2.75, 3.05) is 0 Å².